The molecule has 0 bridgehead atoms. The van der Waals surface area contributed by atoms with Crippen LogP contribution >= 0.6 is 0 Å². The number of hydroxylamine groups is 2. The molecule has 1 aliphatic rings. The molecule has 1 atom stereocenters. The highest BCUT2D eigenvalue weighted by Gasteiger charge is 2.39. The Bertz CT molecular complexity index is 1110. The smallest absolute Gasteiger partial charge is 0.328 e. The van der Waals surface area contributed by atoms with Crippen LogP contribution < -0.4 is 10.0 Å². The Morgan fingerprint density at radius 2 is 1.50 bits per heavy atom. The van der Waals surface area contributed by atoms with Crippen LogP contribution in [0.3, 0.4) is 0 Å². The maximum atomic E-state index is 12.5. The average molecular weight is 431 g/mol. The van der Waals surface area contributed by atoms with Crippen LogP contribution in [0.1, 0.15) is 34.6 Å². The fourth-order valence-corrected chi connectivity index (χ4v) is 3.88. The molecule has 0 saturated carbocycles. The van der Waals surface area contributed by atoms with Crippen LogP contribution in [0.25, 0.3) is 0 Å². The average Bonchev–Trinajstić information content (AvgIpc) is 2.93. The largest absolute Gasteiger partial charge is 0.350 e. The summed E-state index contributed by atoms with van der Waals surface area (Å²) in [5, 5.41) is 2.81. The summed E-state index contributed by atoms with van der Waals surface area (Å²) in [6, 6.07) is 9.82. The van der Waals surface area contributed by atoms with Gasteiger partial charge in [-0.25, -0.2) is 13.2 Å². The quantitative estimate of drug-likeness (QED) is 0.652. The molecular weight excluding hydrogens is 414 g/mol. The number of rotatable bonds is 6. The third-order valence-corrected chi connectivity index (χ3v) is 5.67. The maximum Gasteiger partial charge on any atom is 0.350 e. The lowest BCUT2D eigenvalue weighted by atomic mass is 10.1. The molecular formula is C19H17N3O7S. The van der Waals surface area contributed by atoms with E-state index in [0.717, 1.165) is 0 Å². The van der Waals surface area contributed by atoms with E-state index in [2.05, 4.69) is 10.0 Å². The lowest BCUT2D eigenvalue weighted by Gasteiger charge is -2.17. The summed E-state index contributed by atoms with van der Waals surface area (Å²) < 4.78 is 27.1. The van der Waals surface area contributed by atoms with Crippen molar-refractivity contribution in [3.8, 4) is 0 Å². The van der Waals surface area contributed by atoms with Gasteiger partial charge in [-0.2, -0.15) is 4.72 Å². The number of benzene rings is 2. The van der Waals surface area contributed by atoms with E-state index >= 15 is 0 Å². The fraction of sp³-hybridized carbons (Fsp3) is 0.158. The first kappa shape index (κ1) is 21.1. The number of carbonyl (C=O) groups excluding carboxylic acids is 4. The second-order valence-electron chi connectivity index (χ2n) is 6.41. The van der Waals surface area contributed by atoms with Crippen LogP contribution in [0.2, 0.25) is 0 Å². The second kappa shape index (κ2) is 8.05. The highest BCUT2D eigenvalue weighted by atomic mass is 32.2. The zero-order valence-corrected chi connectivity index (χ0v) is 16.7. The van der Waals surface area contributed by atoms with Gasteiger partial charge in [0, 0.05) is 12.6 Å². The van der Waals surface area contributed by atoms with E-state index in [9.17, 15) is 27.6 Å². The van der Waals surface area contributed by atoms with E-state index in [0.29, 0.717) is 10.8 Å². The van der Waals surface area contributed by atoms with Crippen LogP contribution in [0, 0.1) is 0 Å². The highest BCUT2D eigenvalue weighted by Crippen LogP contribution is 2.23. The number of hydrogen-bond acceptors (Lipinski definition) is 7. The zero-order valence-electron chi connectivity index (χ0n) is 15.9. The van der Waals surface area contributed by atoms with Crippen molar-refractivity contribution in [2.75, 3.05) is 5.32 Å². The van der Waals surface area contributed by atoms with Gasteiger partial charge in [-0.15, -0.1) is 0 Å². The number of amides is 3. The molecule has 2 N–H and O–H groups in total. The second-order valence-corrected chi connectivity index (χ2v) is 8.12. The minimum Gasteiger partial charge on any atom is -0.328 e. The van der Waals surface area contributed by atoms with Crippen molar-refractivity contribution in [2.45, 2.75) is 24.8 Å². The molecule has 1 heterocycles. The van der Waals surface area contributed by atoms with Crippen molar-refractivity contribution in [2.24, 2.45) is 0 Å². The Morgan fingerprint density at radius 3 is 2.00 bits per heavy atom. The molecule has 0 fully saturated rings. The van der Waals surface area contributed by atoms with Crippen molar-refractivity contribution in [1.29, 1.82) is 0 Å². The van der Waals surface area contributed by atoms with Gasteiger partial charge in [0.2, 0.25) is 15.9 Å². The van der Waals surface area contributed by atoms with Gasteiger partial charge in [0.25, 0.3) is 11.8 Å². The Labute approximate surface area is 171 Å². The molecule has 0 aliphatic carbocycles. The summed E-state index contributed by atoms with van der Waals surface area (Å²) in [5.74, 6) is -3.07. The van der Waals surface area contributed by atoms with E-state index in [1.54, 1.807) is 12.1 Å². The van der Waals surface area contributed by atoms with E-state index in [1.807, 2.05) is 0 Å². The first-order valence-electron chi connectivity index (χ1n) is 8.70. The van der Waals surface area contributed by atoms with Gasteiger partial charge in [-0.05, 0) is 43.3 Å². The van der Waals surface area contributed by atoms with E-state index in [4.69, 9.17) is 4.84 Å². The number of nitrogens with zero attached hydrogens (tertiary/aromatic N) is 1. The summed E-state index contributed by atoms with van der Waals surface area (Å²) >= 11 is 0. The maximum absolute atomic E-state index is 12.5. The first-order valence-corrected chi connectivity index (χ1v) is 10.2. The number of fused-ring (bicyclic) bond motifs is 1. The predicted octanol–water partition coefficient (Wildman–Crippen LogP) is 1.07. The van der Waals surface area contributed by atoms with Gasteiger partial charge in [0.05, 0.1) is 16.0 Å². The van der Waals surface area contributed by atoms with Gasteiger partial charge in [0.1, 0.15) is 6.04 Å². The molecule has 156 valence electrons. The van der Waals surface area contributed by atoms with Gasteiger partial charge >= 0.3 is 5.97 Å². The van der Waals surface area contributed by atoms with Crippen LogP contribution in [0.4, 0.5) is 5.69 Å². The Hall–Kier alpha value is -3.57. The lowest BCUT2D eigenvalue weighted by molar-refractivity contribution is -0.170. The Balaban J connectivity index is 1.67. The number of anilines is 1. The molecule has 0 saturated heterocycles. The monoisotopic (exact) mass is 431 g/mol. The van der Waals surface area contributed by atoms with E-state index in [1.165, 1.54) is 50.2 Å². The van der Waals surface area contributed by atoms with Gasteiger partial charge in [0.15, 0.2) is 0 Å². The van der Waals surface area contributed by atoms with E-state index in [-0.39, 0.29) is 21.9 Å². The van der Waals surface area contributed by atoms with Crippen molar-refractivity contribution in [3.63, 3.8) is 0 Å². The van der Waals surface area contributed by atoms with Gasteiger partial charge in [-0.3, -0.25) is 14.4 Å². The lowest BCUT2D eigenvalue weighted by Crippen LogP contribution is -2.43. The molecule has 2 aromatic rings. The third-order valence-electron chi connectivity index (χ3n) is 4.11. The summed E-state index contributed by atoms with van der Waals surface area (Å²) in [4.78, 5) is 52.5. The molecule has 10 nitrogen and oxygen atoms in total. The minimum atomic E-state index is -4.12. The molecule has 0 aromatic heterocycles. The molecule has 0 spiro atoms. The Morgan fingerprint density at radius 1 is 0.967 bits per heavy atom. The third kappa shape index (κ3) is 4.21. The highest BCUT2D eigenvalue weighted by molar-refractivity contribution is 7.89. The van der Waals surface area contributed by atoms with Crippen LogP contribution in [-0.4, -0.2) is 43.2 Å². The standard InChI is InChI=1S/C19H17N3O7S/c1-11(21-30(27,28)14-9-7-13(8-10-14)20-12(2)23)19(26)29-22-17(24)15-5-3-4-6-16(15)18(22)25/h3-11,21H,1-2H3,(H,20,23). The summed E-state index contributed by atoms with van der Waals surface area (Å²) in [7, 11) is -4.12. The van der Waals surface area contributed by atoms with Crippen LogP contribution in [-0.2, 0) is 24.4 Å². The zero-order chi connectivity index (χ0) is 22.1. The van der Waals surface area contributed by atoms with E-state index < -0.39 is 33.8 Å². The molecule has 1 aliphatic heterocycles. The SMILES string of the molecule is CC(=O)Nc1ccc(S(=O)(=O)NC(C)C(=O)ON2C(=O)c3ccccc3C2=O)cc1. The fourth-order valence-electron chi connectivity index (χ4n) is 2.69. The predicted molar refractivity (Wildman–Crippen MR) is 104 cm³/mol. The molecule has 1 unspecified atom stereocenters. The van der Waals surface area contributed by atoms with Crippen molar-refractivity contribution >= 4 is 39.4 Å². The van der Waals surface area contributed by atoms with Crippen LogP contribution in [0.15, 0.2) is 53.4 Å². The molecule has 3 rings (SSSR count). The molecule has 0 radical (unpaired) electrons. The molecule has 3 amide bonds. The topological polar surface area (TPSA) is 139 Å². The number of imide groups is 1. The number of nitrogens with one attached hydrogen (secondary N) is 2. The molecule has 30 heavy (non-hydrogen) atoms. The molecule has 11 heteroatoms. The summed E-state index contributed by atoms with van der Waals surface area (Å²) in [6.45, 7) is 2.53. The van der Waals surface area contributed by atoms with Gasteiger partial charge in [-0.1, -0.05) is 17.2 Å². The molecule has 2 aromatic carbocycles. The van der Waals surface area contributed by atoms with Crippen molar-refractivity contribution in [1.82, 2.24) is 9.79 Å². The number of hydrogen-bond donors (Lipinski definition) is 2. The Kier molecular flexibility index (Phi) is 5.67. The number of sulfonamides is 1. The minimum absolute atomic E-state index is 0.0859. The van der Waals surface area contributed by atoms with Crippen molar-refractivity contribution in [3.05, 3.63) is 59.7 Å². The van der Waals surface area contributed by atoms with Crippen molar-refractivity contribution < 1.29 is 32.4 Å². The number of carbonyl (C=O) groups is 4. The van der Waals surface area contributed by atoms with Gasteiger partial charge < -0.3 is 10.2 Å². The normalized spacial score (nSPS) is 14.3. The summed E-state index contributed by atoms with van der Waals surface area (Å²) in [6.07, 6.45) is 0. The first-order chi connectivity index (χ1) is 14.1. The van der Waals surface area contributed by atoms with Crippen LogP contribution in [0.5, 0.6) is 0 Å². The summed E-state index contributed by atoms with van der Waals surface area (Å²) in [5.41, 5.74) is 0.574.